The van der Waals surface area contributed by atoms with Crippen molar-refractivity contribution in [3.63, 3.8) is 0 Å². The Kier molecular flexibility index (Phi) is 5.67. The van der Waals surface area contributed by atoms with Gasteiger partial charge in [-0.05, 0) is 29.8 Å². The van der Waals surface area contributed by atoms with E-state index in [1.807, 2.05) is 18.2 Å². The minimum absolute atomic E-state index is 0.113. The third-order valence-corrected chi connectivity index (χ3v) is 6.10. The number of hydrogen-bond acceptors (Lipinski definition) is 4. The van der Waals surface area contributed by atoms with Gasteiger partial charge in [-0.25, -0.2) is 0 Å². The van der Waals surface area contributed by atoms with Gasteiger partial charge >= 0.3 is 0 Å². The van der Waals surface area contributed by atoms with E-state index in [2.05, 4.69) is 33.3 Å². The molecule has 1 saturated heterocycles. The van der Waals surface area contributed by atoms with Crippen LogP contribution in [0.1, 0.15) is 11.1 Å². The van der Waals surface area contributed by atoms with Crippen molar-refractivity contribution in [3.05, 3.63) is 57.6 Å². The number of carbonyl (C=O) groups excluding carboxylic acids is 1. The molecular weight excluding hydrogens is 397 g/mol. The largest absolute Gasteiger partial charge is 0.491 e. The Morgan fingerprint density at radius 1 is 1.18 bits per heavy atom. The number of carbonyl (C=O) groups is 1. The van der Waals surface area contributed by atoms with E-state index in [-0.39, 0.29) is 11.8 Å². The third-order valence-electron chi connectivity index (χ3n) is 5.36. The average molecular weight is 420 g/mol. The number of amides is 1. The van der Waals surface area contributed by atoms with Gasteiger partial charge < -0.3 is 15.0 Å². The second-order valence-corrected chi connectivity index (χ2v) is 8.13. The maximum Gasteiger partial charge on any atom is 0.225 e. The van der Waals surface area contributed by atoms with Crippen LogP contribution in [-0.4, -0.2) is 44.1 Å². The number of hydrogen-bond donors (Lipinski definition) is 1. The van der Waals surface area contributed by atoms with Gasteiger partial charge in [0.05, 0.1) is 22.5 Å². The predicted molar refractivity (Wildman–Crippen MR) is 112 cm³/mol. The molecule has 0 aromatic heterocycles. The van der Waals surface area contributed by atoms with Crippen molar-refractivity contribution in [1.29, 1.82) is 0 Å². The van der Waals surface area contributed by atoms with Gasteiger partial charge in [0, 0.05) is 44.5 Å². The summed E-state index contributed by atoms with van der Waals surface area (Å²) in [7, 11) is 1.69. The Balaban J connectivity index is 1.43. The van der Waals surface area contributed by atoms with Crippen LogP contribution in [0.3, 0.4) is 0 Å². The molecule has 2 aromatic rings. The predicted octanol–water partition coefficient (Wildman–Crippen LogP) is 3.57. The first-order valence-corrected chi connectivity index (χ1v) is 10.2. The fourth-order valence-corrected chi connectivity index (χ4v) is 4.03. The number of benzene rings is 2. The maximum absolute atomic E-state index is 11.6. The van der Waals surface area contributed by atoms with E-state index in [0.29, 0.717) is 16.7 Å². The fraction of sp³-hybridized carbons (Fsp3) is 0.381. The van der Waals surface area contributed by atoms with Gasteiger partial charge in [0.2, 0.25) is 5.91 Å². The van der Waals surface area contributed by atoms with Gasteiger partial charge in [0.15, 0.2) is 0 Å². The van der Waals surface area contributed by atoms with Gasteiger partial charge in [-0.2, -0.15) is 0 Å². The van der Waals surface area contributed by atoms with Crippen molar-refractivity contribution in [1.82, 2.24) is 10.2 Å². The van der Waals surface area contributed by atoms with Crippen molar-refractivity contribution >= 4 is 34.8 Å². The smallest absolute Gasteiger partial charge is 0.225 e. The van der Waals surface area contributed by atoms with E-state index in [1.165, 1.54) is 5.56 Å². The molecule has 148 valence electrons. The van der Waals surface area contributed by atoms with Crippen LogP contribution in [0.4, 0.5) is 5.69 Å². The first-order chi connectivity index (χ1) is 13.5. The molecule has 7 heteroatoms. The summed E-state index contributed by atoms with van der Waals surface area (Å²) in [6.45, 7) is 4.60. The topological polar surface area (TPSA) is 44.8 Å². The van der Waals surface area contributed by atoms with Crippen molar-refractivity contribution in [3.8, 4) is 5.75 Å². The third kappa shape index (κ3) is 4.07. The molecule has 5 nitrogen and oxygen atoms in total. The van der Waals surface area contributed by atoms with E-state index in [0.717, 1.165) is 49.7 Å². The number of ether oxygens (including phenoxy) is 1. The standard InChI is InChI=1S/C21H23Cl2N3O2/c1-24-21(27)16-11-25(12-16)10-14-2-3-15-13-26(6-7-28-20(15)8-14)17-4-5-18(22)19(23)9-17/h2-5,8-9,16H,6-7,10-13H2,1H3,(H,24,27). The SMILES string of the molecule is CNC(=O)C1CN(Cc2ccc3c(c2)OCCN(c2ccc(Cl)c(Cl)c2)C3)C1. The monoisotopic (exact) mass is 419 g/mol. The Morgan fingerprint density at radius 3 is 2.75 bits per heavy atom. The number of anilines is 1. The Hall–Kier alpha value is -1.95. The molecule has 0 unspecified atom stereocenters. The van der Waals surface area contributed by atoms with Crippen LogP contribution in [0, 0.1) is 5.92 Å². The second kappa shape index (κ2) is 8.19. The number of rotatable bonds is 4. The maximum atomic E-state index is 11.6. The van der Waals surface area contributed by atoms with Gasteiger partial charge in [0.25, 0.3) is 0 Å². The van der Waals surface area contributed by atoms with Crippen molar-refractivity contribution in [2.75, 3.05) is 38.2 Å². The minimum atomic E-state index is 0.113. The first kappa shape index (κ1) is 19.4. The van der Waals surface area contributed by atoms with Crippen LogP contribution in [0.5, 0.6) is 5.75 Å². The van der Waals surface area contributed by atoms with Crippen LogP contribution in [-0.2, 0) is 17.9 Å². The van der Waals surface area contributed by atoms with Crippen LogP contribution < -0.4 is 15.0 Å². The zero-order valence-corrected chi connectivity index (χ0v) is 17.3. The molecule has 2 heterocycles. The molecule has 1 N–H and O–H groups in total. The van der Waals surface area contributed by atoms with Gasteiger partial charge in [-0.15, -0.1) is 0 Å². The molecule has 0 saturated carbocycles. The van der Waals surface area contributed by atoms with E-state index < -0.39 is 0 Å². The Bertz CT molecular complexity index is 884. The summed E-state index contributed by atoms with van der Waals surface area (Å²) in [5.74, 6) is 1.18. The quantitative estimate of drug-likeness (QED) is 0.822. The number of fused-ring (bicyclic) bond motifs is 1. The fourth-order valence-electron chi connectivity index (χ4n) is 3.74. The number of nitrogens with zero attached hydrogens (tertiary/aromatic N) is 2. The lowest BCUT2D eigenvalue weighted by atomic mass is 9.98. The molecular formula is C21H23Cl2N3O2. The molecule has 0 atom stereocenters. The molecule has 0 spiro atoms. The number of halogens is 2. The summed E-state index contributed by atoms with van der Waals surface area (Å²) >= 11 is 12.2. The summed E-state index contributed by atoms with van der Waals surface area (Å²) < 4.78 is 6.02. The van der Waals surface area contributed by atoms with Crippen LogP contribution >= 0.6 is 23.2 Å². The summed E-state index contributed by atoms with van der Waals surface area (Å²) in [6.07, 6.45) is 0. The summed E-state index contributed by atoms with van der Waals surface area (Å²) in [4.78, 5) is 16.2. The molecule has 2 aromatic carbocycles. The minimum Gasteiger partial charge on any atom is -0.491 e. The Labute approximate surface area is 175 Å². The van der Waals surface area contributed by atoms with Gasteiger partial charge in [-0.1, -0.05) is 35.3 Å². The highest BCUT2D eigenvalue weighted by atomic mass is 35.5. The molecule has 0 radical (unpaired) electrons. The summed E-state index contributed by atoms with van der Waals surface area (Å²) in [5.41, 5.74) is 3.40. The molecule has 0 bridgehead atoms. The molecule has 1 fully saturated rings. The summed E-state index contributed by atoms with van der Waals surface area (Å²) in [6, 6.07) is 12.1. The molecule has 2 aliphatic rings. The highest BCUT2D eigenvalue weighted by Gasteiger charge is 2.31. The van der Waals surface area contributed by atoms with Crippen LogP contribution in [0.25, 0.3) is 0 Å². The van der Waals surface area contributed by atoms with E-state index in [4.69, 9.17) is 27.9 Å². The van der Waals surface area contributed by atoms with E-state index >= 15 is 0 Å². The highest BCUT2D eigenvalue weighted by molar-refractivity contribution is 6.42. The molecule has 28 heavy (non-hydrogen) atoms. The van der Waals surface area contributed by atoms with E-state index in [1.54, 1.807) is 7.05 Å². The lowest BCUT2D eigenvalue weighted by molar-refractivity contribution is -0.129. The normalized spacial score (nSPS) is 17.3. The molecule has 1 amide bonds. The Morgan fingerprint density at radius 2 is 2.00 bits per heavy atom. The molecule has 0 aliphatic carbocycles. The number of nitrogens with one attached hydrogen (secondary N) is 1. The van der Waals surface area contributed by atoms with Crippen molar-refractivity contribution in [2.45, 2.75) is 13.1 Å². The second-order valence-electron chi connectivity index (χ2n) is 7.32. The lowest BCUT2D eigenvalue weighted by Crippen LogP contribution is -2.52. The van der Waals surface area contributed by atoms with Gasteiger partial charge in [-0.3, -0.25) is 9.69 Å². The first-order valence-electron chi connectivity index (χ1n) is 9.42. The van der Waals surface area contributed by atoms with Gasteiger partial charge in [0.1, 0.15) is 12.4 Å². The average Bonchev–Trinajstić information content (AvgIpc) is 2.88. The molecule has 2 aliphatic heterocycles. The van der Waals surface area contributed by atoms with Crippen molar-refractivity contribution < 1.29 is 9.53 Å². The highest BCUT2D eigenvalue weighted by Crippen LogP contribution is 2.31. The zero-order chi connectivity index (χ0) is 19.7. The van der Waals surface area contributed by atoms with Crippen LogP contribution in [0.2, 0.25) is 10.0 Å². The summed E-state index contributed by atoms with van der Waals surface area (Å²) in [5, 5.41) is 3.84. The lowest BCUT2D eigenvalue weighted by Gasteiger charge is -2.38. The van der Waals surface area contributed by atoms with E-state index in [9.17, 15) is 4.79 Å². The zero-order valence-electron chi connectivity index (χ0n) is 15.8. The molecule has 4 rings (SSSR count). The van der Waals surface area contributed by atoms with Crippen LogP contribution in [0.15, 0.2) is 36.4 Å². The number of likely N-dealkylation sites (tertiary alicyclic amines) is 1. The van der Waals surface area contributed by atoms with Crippen molar-refractivity contribution in [2.24, 2.45) is 5.92 Å².